The smallest absolute Gasteiger partial charge is 0.196 e. The van der Waals surface area contributed by atoms with Crippen molar-refractivity contribution in [1.29, 1.82) is 0 Å². The van der Waals surface area contributed by atoms with Gasteiger partial charge in [-0.2, -0.15) is 0 Å². The maximum Gasteiger partial charge on any atom is 0.196 e. The van der Waals surface area contributed by atoms with Crippen LogP contribution in [0.25, 0.3) is 20.2 Å². The van der Waals surface area contributed by atoms with Crippen LogP contribution in [0.15, 0.2) is 41.2 Å². The minimum Gasteiger partial charge on any atom is -0.392 e. The number of aliphatic hydroxyl groups is 2. The second-order valence-electron chi connectivity index (χ2n) is 4.37. The van der Waals surface area contributed by atoms with Crippen LogP contribution in [0.1, 0.15) is 11.1 Å². The van der Waals surface area contributed by atoms with E-state index in [2.05, 4.69) is 0 Å². The van der Waals surface area contributed by atoms with Crippen LogP contribution in [0, 0.1) is 0 Å². The predicted octanol–water partition coefficient (Wildman–Crippen LogP) is 2.40. The number of rotatable bonds is 2. The summed E-state index contributed by atoms with van der Waals surface area (Å²) in [4.78, 5) is 12.5. The van der Waals surface area contributed by atoms with Crippen LogP contribution in [-0.4, -0.2) is 10.2 Å². The van der Waals surface area contributed by atoms with Crippen LogP contribution in [-0.2, 0) is 13.2 Å². The molecule has 96 valence electrons. The highest BCUT2D eigenvalue weighted by Gasteiger charge is 2.09. The molecule has 4 heteroatoms. The molecule has 0 amide bonds. The van der Waals surface area contributed by atoms with Gasteiger partial charge in [0, 0.05) is 20.2 Å². The lowest BCUT2D eigenvalue weighted by Gasteiger charge is -2.05. The summed E-state index contributed by atoms with van der Waals surface area (Å²) in [6, 6.07) is 10.8. The molecule has 2 aromatic carbocycles. The summed E-state index contributed by atoms with van der Waals surface area (Å²) in [7, 11) is 0. The molecular formula is C15H12O3S. The van der Waals surface area contributed by atoms with E-state index in [1.54, 1.807) is 18.2 Å². The first-order valence-corrected chi connectivity index (χ1v) is 6.75. The van der Waals surface area contributed by atoms with E-state index in [1.165, 1.54) is 11.3 Å². The third kappa shape index (κ3) is 1.94. The lowest BCUT2D eigenvalue weighted by atomic mass is 10.1. The van der Waals surface area contributed by atoms with Crippen LogP contribution >= 0.6 is 11.3 Å². The molecule has 0 fully saturated rings. The molecule has 0 aliphatic heterocycles. The quantitative estimate of drug-likeness (QED) is 0.704. The Balaban J connectivity index is 2.48. The molecule has 0 spiro atoms. The van der Waals surface area contributed by atoms with Gasteiger partial charge >= 0.3 is 0 Å². The van der Waals surface area contributed by atoms with Gasteiger partial charge in [-0.05, 0) is 29.3 Å². The lowest BCUT2D eigenvalue weighted by Crippen LogP contribution is -2.04. The van der Waals surface area contributed by atoms with E-state index in [4.69, 9.17) is 5.11 Å². The van der Waals surface area contributed by atoms with Gasteiger partial charge in [0.25, 0.3) is 0 Å². The summed E-state index contributed by atoms with van der Waals surface area (Å²) < 4.78 is 1.72. The molecule has 0 radical (unpaired) electrons. The van der Waals surface area contributed by atoms with Crippen LogP contribution < -0.4 is 5.43 Å². The summed E-state index contributed by atoms with van der Waals surface area (Å²) in [5, 5.41) is 19.7. The van der Waals surface area contributed by atoms with E-state index >= 15 is 0 Å². The number of aliphatic hydroxyl groups excluding tert-OH is 2. The molecule has 1 aromatic heterocycles. The minimum absolute atomic E-state index is 0.0361. The average Bonchev–Trinajstić information content (AvgIpc) is 2.46. The summed E-state index contributed by atoms with van der Waals surface area (Å²) in [6.45, 7) is -0.175. The van der Waals surface area contributed by atoms with Gasteiger partial charge in [0.15, 0.2) is 5.43 Å². The normalized spacial score (nSPS) is 11.3. The monoisotopic (exact) mass is 272 g/mol. The standard InChI is InChI=1S/C15H12O3S/c16-7-9-4-5-11-13(6-9)19-12-3-1-2-10(8-17)14(12)15(11)18/h1-6,16-17H,7-8H2. The highest BCUT2D eigenvalue weighted by molar-refractivity contribution is 7.24. The average molecular weight is 272 g/mol. The molecule has 1 heterocycles. The summed E-state index contributed by atoms with van der Waals surface area (Å²) >= 11 is 1.50. The van der Waals surface area contributed by atoms with Gasteiger partial charge in [0.1, 0.15) is 0 Å². The van der Waals surface area contributed by atoms with Crippen molar-refractivity contribution in [2.75, 3.05) is 0 Å². The zero-order valence-corrected chi connectivity index (χ0v) is 10.9. The predicted molar refractivity (Wildman–Crippen MR) is 77.4 cm³/mol. The first-order valence-electron chi connectivity index (χ1n) is 5.93. The Kier molecular flexibility index (Phi) is 3.06. The van der Waals surface area contributed by atoms with E-state index in [0.29, 0.717) is 16.3 Å². The van der Waals surface area contributed by atoms with Gasteiger partial charge in [-0.25, -0.2) is 0 Å². The van der Waals surface area contributed by atoms with Gasteiger partial charge in [0.2, 0.25) is 0 Å². The SMILES string of the molecule is O=c1c2ccc(CO)cc2sc2cccc(CO)c12. The van der Waals surface area contributed by atoms with E-state index in [9.17, 15) is 9.90 Å². The van der Waals surface area contributed by atoms with Gasteiger partial charge in [-0.3, -0.25) is 4.79 Å². The number of fused-ring (bicyclic) bond motifs is 2. The molecule has 0 atom stereocenters. The Labute approximate surface area is 113 Å². The van der Waals surface area contributed by atoms with Gasteiger partial charge in [0.05, 0.1) is 13.2 Å². The number of benzene rings is 2. The number of hydrogen-bond acceptors (Lipinski definition) is 4. The Bertz CT molecular complexity index is 820. The summed E-state index contributed by atoms with van der Waals surface area (Å²) in [6.07, 6.45) is 0. The molecule has 0 saturated carbocycles. The van der Waals surface area contributed by atoms with E-state index in [1.807, 2.05) is 18.2 Å². The fourth-order valence-corrected chi connectivity index (χ4v) is 3.43. The van der Waals surface area contributed by atoms with Crippen molar-refractivity contribution in [2.45, 2.75) is 13.2 Å². The molecule has 0 unspecified atom stereocenters. The molecule has 3 nitrogen and oxygen atoms in total. The highest BCUT2D eigenvalue weighted by Crippen LogP contribution is 2.27. The Morgan fingerprint density at radius 1 is 1.00 bits per heavy atom. The molecular weight excluding hydrogens is 260 g/mol. The second-order valence-corrected chi connectivity index (χ2v) is 5.45. The van der Waals surface area contributed by atoms with Crippen molar-refractivity contribution < 1.29 is 10.2 Å². The fourth-order valence-electron chi connectivity index (χ4n) is 2.24. The van der Waals surface area contributed by atoms with Crippen LogP contribution in [0.3, 0.4) is 0 Å². The molecule has 0 aliphatic carbocycles. The molecule has 3 rings (SSSR count). The molecule has 0 aliphatic rings. The van der Waals surface area contributed by atoms with Crippen molar-refractivity contribution in [1.82, 2.24) is 0 Å². The van der Waals surface area contributed by atoms with Crippen molar-refractivity contribution in [3.05, 3.63) is 57.7 Å². The molecule has 19 heavy (non-hydrogen) atoms. The van der Waals surface area contributed by atoms with Crippen LogP contribution in [0.5, 0.6) is 0 Å². The zero-order chi connectivity index (χ0) is 13.4. The maximum absolute atomic E-state index is 12.5. The fraction of sp³-hybridized carbons (Fsp3) is 0.133. The Morgan fingerprint density at radius 2 is 1.84 bits per heavy atom. The van der Waals surface area contributed by atoms with Crippen LogP contribution in [0.2, 0.25) is 0 Å². The Hall–Kier alpha value is -1.75. The van der Waals surface area contributed by atoms with Crippen molar-refractivity contribution in [2.24, 2.45) is 0 Å². The van der Waals surface area contributed by atoms with Crippen molar-refractivity contribution in [3.63, 3.8) is 0 Å². The van der Waals surface area contributed by atoms with E-state index in [0.717, 1.165) is 15.0 Å². The zero-order valence-electron chi connectivity index (χ0n) is 10.1. The Morgan fingerprint density at radius 3 is 2.58 bits per heavy atom. The summed E-state index contributed by atoms with van der Waals surface area (Å²) in [5.41, 5.74) is 1.39. The maximum atomic E-state index is 12.5. The second kappa shape index (κ2) is 4.74. The van der Waals surface area contributed by atoms with Gasteiger partial charge in [-0.15, -0.1) is 11.3 Å². The minimum atomic E-state index is -0.139. The number of hydrogen-bond donors (Lipinski definition) is 2. The first-order chi connectivity index (χ1) is 9.24. The van der Waals surface area contributed by atoms with Crippen molar-refractivity contribution in [3.8, 4) is 0 Å². The van der Waals surface area contributed by atoms with E-state index < -0.39 is 0 Å². The molecule has 0 bridgehead atoms. The van der Waals surface area contributed by atoms with E-state index in [-0.39, 0.29) is 18.6 Å². The molecule has 0 saturated heterocycles. The molecule has 3 aromatic rings. The highest BCUT2D eigenvalue weighted by atomic mass is 32.1. The lowest BCUT2D eigenvalue weighted by molar-refractivity contribution is 0.282. The van der Waals surface area contributed by atoms with Gasteiger partial charge < -0.3 is 10.2 Å². The first kappa shape index (κ1) is 12.3. The largest absolute Gasteiger partial charge is 0.392 e. The van der Waals surface area contributed by atoms with Gasteiger partial charge in [-0.1, -0.05) is 18.2 Å². The molecule has 2 N–H and O–H groups in total. The van der Waals surface area contributed by atoms with Crippen molar-refractivity contribution >= 4 is 31.5 Å². The third-order valence-electron chi connectivity index (χ3n) is 3.20. The van der Waals surface area contributed by atoms with Crippen LogP contribution in [0.4, 0.5) is 0 Å². The third-order valence-corrected chi connectivity index (χ3v) is 4.32. The summed E-state index contributed by atoms with van der Waals surface area (Å²) in [5.74, 6) is 0. The topological polar surface area (TPSA) is 57.5 Å².